The minimum absolute atomic E-state index is 0.0593. The third-order valence-electron chi connectivity index (χ3n) is 2.18. The Balaban J connectivity index is 3.72. The van der Waals surface area contributed by atoms with Gasteiger partial charge in [0.25, 0.3) is 0 Å². The summed E-state index contributed by atoms with van der Waals surface area (Å²) in [4.78, 5) is 11.1. The first-order chi connectivity index (χ1) is 6.65. The van der Waals surface area contributed by atoms with Crippen molar-refractivity contribution < 1.29 is 9.53 Å². The van der Waals surface area contributed by atoms with E-state index in [1.807, 2.05) is 18.7 Å². The van der Waals surface area contributed by atoms with Crippen molar-refractivity contribution in [2.24, 2.45) is 5.92 Å². The fraction of sp³-hybridized carbons (Fsp3) is 0.900. The summed E-state index contributed by atoms with van der Waals surface area (Å²) in [7, 11) is 1.43. The zero-order valence-electron chi connectivity index (χ0n) is 9.50. The Bertz CT molecular complexity index is 164. The molecule has 0 saturated carbocycles. The smallest absolute Gasteiger partial charge is 0.309 e. The normalized spacial score (nSPS) is 14.9. The lowest BCUT2D eigenvalue weighted by atomic mass is 10.1. The molecule has 0 saturated heterocycles. The molecule has 0 aliphatic carbocycles. The highest BCUT2D eigenvalue weighted by molar-refractivity contribution is 7.98. The third kappa shape index (κ3) is 5.50. The monoisotopic (exact) mass is 219 g/mol. The van der Waals surface area contributed by atoms with Crippen LogP contribution in [0.25, 0.3) is 0 Å². The molecule has 0 spiro atoms. The van der Waals surface area contributed by atoms with Crippen molar-refractivity contribution in [3.05, 3.63) is 0 Å². The number of rotatable bonds is 7. The Morgan fingerprint density at radius 1 is 1.57 bits per heavy atom. The zero-order valence-corrected chi connectivity index (χ0v) is 10.3. The van der Waals surface area contributed by atoms with E-state index < -0.39 is 0 Å². The van der Waals surface area contributed by atoms with E-state index in [0.29, 0.717) is 12.6 Å². The average molecular weight is 219 g/mol. The topological polar surface area (TPSA) is 38.3 Å². The summed E-state index contributed by atoms with van der Waals surface area (Å²) >= 11 is 1.82. The molecule has 14 heavy (non-hydrogen) atoms. The summed E-state index contributed by atoms with van der Waals surface area (Å²) in [6.45, 7) is 4.73. The van der Waals surface area contributed by atoms with E-state index in [9.17, 15) is 4.79 Å². The highest BCUT2D eigenvalue weighted by Gasteiger charge is 2.14. The summed E-state index contributed by atoms with van der Waals surface area (Å²) in [5.74, 6) is 0.886. The van der Waals surface area contributed by atoms with Gasteiger partial charge in [-0.3, -0.25) is 4.79 Å². The summed E-state index contributed by atoms with van der Waals surface area (Å²) in [6.07, 6.45) is 3.18. The van der Waals surface area contributed by atoms with Crippen molar-refractivity contribution in [1.82, 2.24) is 5.32 Å². The summed E-state index contributed by atoms with van der Waals surface area (Å²) in [5.41, 5.74) is 0. The lowest BCUT2D eigenvalue weighted by Gasteiger charge is -2.17. The van der Waals surface area contributed by atoms with Gasteiger partial charge in [-0.2, -0.15) is 11.8 Å². The summed E-state index contributed by atoms with van der Waals surface area (Å²) in [6, 6.07) is 0.497. The van der Waals surface area contributed by atoms with Crippen LogP contribution in [-0.2, 0) is 9.53 Å². The van der Waals surface area contributed by atoms with E-state index in [4.69, 9.17) is 0 Å². The zero-order chi connectivity index (χ0) is 11.0. The van der Waals surface area contributed by atoms with Crippen LogP contribution in [-0.4, -0.2) is 37.7 Å². The van der Waals surface area contributed by atoms with E-state index in [0.717, 1.165) is 12.2 Å². The third-order valence-corrected chi connectivity index (χ3v) is 2.91. The Kier molecular flexibility index (Phi) is 7.99. The number of esters is 1. The first-order valence-electron chi connectivity index (χ1n) is 4.95. The van der Waals surface area contributed by atoms with Crippen molar-refractivity contribution in [2.75, 3.05) is 25.7 Å². The van der Waals surface area contributed by atoms with Gasteiger partial charge in [0.1, 0.15) is 0 Å². The second-order valence-corrected chi connectivity index (χ2v) is 4.30. The number of methoxy groups -OCH3 is 1. The number of nitrogens with one attached hydrogen (secondary N) is 1. The van der Waals surface area contributed by atoms with Gasteiger partial charge in [-0.25, -0.2) is 0 Å². The number of thioether (sulfide) groups is 1. The Hall–Kier alpha value is -0.220. The van der Waals surface area contributed by atoms with Gasteiger partial charge in [0.15, 0.2) is 0 Å². The first kappa shape index (κ1) is 13.8. The molecular weight excluding hydrogens is 198 g/mol. The van der Waals surface area contributed by atoms with E-state index in [1.54, 1.807) is 0 Å². The number of hydrogen-bond donors (Lipinski definition) is 1. The molecule has 0 aromatic rings. The first-order valence-corrected chi connectivity index (χ1v) is 6.35. The average Bonchev–Trinajstić information content (AvgIpc) is 2.22. The molecule has 0 heterocycles. The second-order valence-electron chi connectivity index (χ2n) is 3.39. The summed E-state index contributed by atoms with van der Waals surface area (Å²) in [5, 5.41) is 3.36. The molecule has 0 radical (unpaired) electrons. The predicted octanol–water partition coefficient (Wildman–Crippen LogP) is 1.53. The van der Waals surface area contributed by atoms with Crippen LogP contribution in [0.1, 0.15) is 20.3 Å². The molecule has 2 atom stereocenters. The SMILES string of the molecule is CCC(CSC)NCC(C)C(=O)OC. The maximum absolute atomic E-state index is 11.1. The Morgan fingerprint density at radius 2 is 2.21 bits per heavy atom. The molecule has 0 aliphatic rings. The lowest BCUT2D eigenvalue weighted by molar-refractivity contribution is -0.144. The van der Waals surface area contributed by atoms with Crippen molar-refractivity contribution in [1.29, 1.82) is 0 Å². The van der Waals surface area contributed by atoms with Gasteiger partial charge in [-0.15, -0.1) is 0 Å². The Morgan fingerprint density at radius 3 is 2.64 bits per heavy atom. The highest BCUT2D eigenvalue weighted by atomic mass is 32.2. The second kappa shape index (κ2) is 8.12. The van der Waals surface area contributed by atoms with Gasteiger partial charge >= 0.3 is 5.97 Å². The molecule has 1 N–H and O–H groups in total. The van der Waals surface area contributed by atoms with E-state index in [-0.39, 0.29) is 11.9 Å². The molecule has 4 heteroatoms. The molecule has 0 bridgehead atoms. The standard InChI is InChI=1S/C10H21NO2S/c1-5-9(7-14-4)11-6-8(2)10(12)13-3/h8-9,11H,5-7H2,1-4H3. The number of ether oxygens (including phenoxy) is 1. The van der Waals surface area contributed by atoms with Crippen LogP contribution in [0.15, 0.2) is 0 Å². The minimum atomic E-state index is -0.142. The van der Waals surface area contributed by atoms with Crippen LogP contribution in [0.2, 0.25) is 0 Å². The molecule has 84 valence electrons. The fourth-order valence-electron chi connectivity index (χ4n) is 1.15. The fourth-order valence-corrected chi connectivity index (χ4v) is 1.91. The van der Waals surface area contributed by atoms with Crippen LogP contribution in [0, 0.1) is 5.92 Å². The highest BCUT2D eigenvalue weighted by Crippen LogP contribution is 2.03. The van der Waals surface area contributed by atoms with Crippen molar-refractivity contribution in [3.63, 3.8) is 0 Å². The molecule has 0 aliphatic heterocycles. The van der Waals surface area contributed by atoms with Crippen LogP contribution in [0.3, 0.4) is 0 Å². The quantitative estimate of drug-likeness (QED) is 0.659. The molecule has 0 fully saturated rings. The molecule has 0 aromatic heterocycles. The minimum Gasteiger partial charge on any atom is -0.469 e. The van der Waals surface area contributed by atoms with Crippen molar-refractivity contribution >= 4 is 17.7 Å². The number of carbonyl (C=O) groups is 1. The molecule has 0 rings (SSSR count). The van der Waals surface area contributed by atoms with Gasteiger partial charge in [-0.05, 0) is 12.7 Å². The molecule has 2 unspecified atom stereocenters. The lowest BCUT2D eigenvalue weighted by Crippen LogP contribution is -2.36. The molecule has 0 amide bonds. The van der Waals surface area contributed by atoms with E-state index in [2.05, 4.69) is 23.2 Å². The van der Waals surface area contributed by atoms with Crippen molar-refractivity contribution in [3.8, 4) is 0 Å². The van der Waals surface area contributed by atoms with Crippen LogP contribution in [0.5, 0.6) is 0 Å². The predicted molar refractivity (Wildman–Crippen MR) is 61.6 cm³/mol. The van der Waals surface area contributed by atoms with Gasteiger partial charge < -0.3 is 10.1 Å². The van der Waals surface area contributed by atoms with E-state index >= 15 is 0 Å². The molecular formula is C10H21NO2S. The van der Waals surface area contributed by atoms with E-state index in [1.165, 1.54) is 7.11 Å². The molecule has 0 aromatic carbocycles. The number of hydrogen-bond acceptors (Lipinski definition) is 4. The van der Waals surface area contributed by atoms with Crippen LogP contribution < -0.4 is 5.32 Å². The largest absolute Gasteiger partial charge is 0.469 e. The maximum atomic E-state index is 11.1. The van der Waals surface area contributed by atoms with Crippen LogP contribution >= 0.6 is 11.8 Å². The van der Waals surface area contributed by atoms with Gasteiger partial charge in [0.05, 0.1) is 13.0 Å². The summed E-state index contributed by atoms with van der Waals surface area (Å²) < 4.78 is 4.65. The van der Waals surface area contributed by atoms with Gasteiger partial charge in [0, 0.05) is 18.3 Å². The van der Waals surface area contributed by atoms with Gasteiger partial charge in [0.2, 0.25) is 0 Å². The molecule has 3 nitrogen and oxygen atoms in total. The van der Waals surface area contributed by atoms with Crippen LogP contribution in [0.4, 0.5) is 0 Å². The van der Waals surface area contributed by atoms with Gasteiger partial charge in [-0.1, -0.05) is 13.8 Å². The van der Waals surface area contributed by atoms with Crippen molar-refractivity contribution in [2.45, 2.75) is 26.3 Å². The number of carbonyl (C=O) groups excluding carboxylic acids is 1. The Labute approximate surface area is 91.0 Å². The maximum Gasteiger partial charge on any atom is 0.309 e.